The molecule has 16 rings (SSSR count). The third-order valence-electron chi connectivity index (χ3n) is 17.9. The van der Waals surface area contributed by atoms with Gasteiger partial charge in [0.2, 0.25) is 0 Å². The lowest BCUT2D eigenvalue weighted by Gasteiger charge is -2.36. The van der Waals surface area contributed by atoms with Crippen LogP contribution < -0.4 is 5.32 Å². The first-order valence-electron chi connectivity index (χ1n) is 29.6. The smallest absolute Gasteiger partial charge is 0.180 e. The molecule has 0 saturated carbocycles. The summed E-state index contributed by atoms with van der Waals surface area (Å²) in [6.45, 7) is 2.91. The zero-order chi connectivity index (χ0) is 55.8. The Balaban J connectivity index is 0.000000103. The van der Waals surface area contributed by atoms with E-state index in [2.05, 4.69) is 155 Å². The van der Waals surface area contributed by atoms with Crippen LogP contribution in [0.1, 0.15) is 112 Å². The molecular weight excluding hydrogens is 1020 g/mol. The van der Waals surface area contributed by atoms with E-state index < -0.39 is 12.1 Å². The number of benzene rings is 4. The lowest BCUT2D eigenvalue weighted by atomic mass is 9.75. The first-order chi connectivity index (χ1) is 40.0. The summed E-state index contributed by atoms with van der Waals surface area (Å²) in [4.78, 5) is 35.6. The van der Waals surface area contributed by atoms with Crippen molar-refractivity contribution >= 4 is 46.8 Å². The van der Waals surface area contributed by atoms with Gasteiger partial charge in [0.05, 0.1) is 43.6 Å². The number of hydrogen-bond acceptors (Lipinski definition) is 12. The molecule has 10 nitrogen and oxygen atoms in total. The van der Waals surface area contributed by atoms with Gasteiger partial charge in [-0.3, -0.25) is 24.9 Å². The highest BCUT2D eigenvalue weighted by Gasteiger charge is 2.41. The molecule has 0 fully saturated rings. The lowest BCUT2D eigenvalue weighted by molar-refractivity contribution is 0.236. The number of aromatic nitrogens is 4. The standard InChI is InChI=1S/C17H18N4.C17H17N3O.2C17H17NS/c1-12-20-10-17(21-12)6-5-13-3-2-4-15(16(13)7-17)14-8-18-11-19-9-14;1-12-20-17(11-21-12)6-5-14-13(9-17)3-2-4-15(14)16-10-18-7-8-19-16;1-6-17(18-8-1)7-4-13-2-3-14(10-16(13)11-17)15-5-9-19-12-15;1-3-13-5-8-17(7-2-9-18-17)11-16(13)15(4-1)14-6-10-19-12-14/h2-4,8-9,11H,5-7,10H2,1H3,(H,20,21);2-4,7-8,10H,5-6,9,11H2,1H3;2-3,5,8-10,12H,1,4,6-7,11H2;1,3-4,6,9-10,12H,2,5,7-8,11H2/i;11D2;;. The van der Waals surface area contributed by atoms with Crippen LogP contribution in [0.5, 0.6) is 0 Å². The molecule has 8 aromatic rings. The second-order valence-electron chi connectivity index (χ2n) is 23.1. The Morgan fingerprint density at radius 2 is 1.21 bits per heavy atom. The zero-order valence-corrected chi connectivity index (χ0v) is 47.5. The highest BCUT2D eigenvalue weighted by Crippen LogP contribution is 2.44. The molecule has 4 spiro atoms. The first kappa shape index (κ1) is 49.7. The second-order valence-corrected chi connectivity index (χ2v) is 24.6. The number of aryl methyl sites for hydroxylation is 3. The fourth-order valence-corrected chi connectivity index (χ4v) is 15.1. The van der Waals surface area contributed by atoms with Crippen LogP contribution in [0.15, 0.2) is 164 Å². The molecule has 4 aromatic carbocycles. The Kier molecular flexibility index (Phi) is 13.9. The molecule has 4 aliphatic heterocycles. The maximum atomic E-state index is 8.23. The quantitative estimate of drug-likeness (QED) is 0.187. The highest BCUT2D eigenvalue weighted by atomic mass is 32.1. The van der Waals surface area contributed by atoms with Crippen LogP contribution in [0.2, 0.25) is 0 Å². The summed E-state index contributed by atoms with van der Waals surface area (Å²) in [5.41, 5.74) is 20.9. The molecule has 80 heavy (non-hydrogen) atoms. The predicted molar refractivity (Wildman–Crippen MR) is 329 cm³/mol. The van der Waals surface area contributed by atoms with Crippen LogP contribution in [0.3, 0.4) is 0 Å². The summed E-state index contributed by atoms with van der Waals surface area (Å²) < 4.78 is 21.8. The van der Waals surface area contributed by atoms with Crippen molar-refractivity contribution < 1.29 is 7.48 Å². The van der Waals surface area contributed by atoms with Gasteiger partial charge in [-0.25, -0.2) is 15.0 Å². The zero-order valence-electron chi connectivity index (χ0n) is 47.8. The minimum Gasteiger partial charge on any atom is -0.479 e. The van der Waals surface area contributed by atoms with E-state index >= 15 is 0 Å². The molecule has 8 heterocycles. The van der Waals surface area contributed by atoms with E-state index in [0.717, 1.165) is 79.7 Å². The predicted octanol–water partition coefficient (Wildman–Crippen LogP) is 14.2. The van der Waals surface area contributed by atoms with Crippen molar-refractivity contribution in [2.75, 3.05) is 13.1 Å². The molecule has 4 unspecified atom stereocenters. The van der Waals surface area contributed by atoms with Crippen LogP contribution in [0.4, 0.5) is 0 Å². The van der Waals surface area contributed by atoms with E-state index in [-0.39, 0.29) is 16.6 Å². The van der Waals surface area contributed by atoms with Crippen molar-refractivity contribution in [3.63, 3.8) is 0 Å². The van der Waals surface area contributed by atoms with Crippen molar-refractivity contribution in [3.05, 3.63) is 188 Å². The number of ether oxygens (including phenoxy) is 1. The van der Waals surface area contributed by atoms with Gasteiger partial charge >= 0.3 is 0 Å². The average molecular weight is 1090 g/mol. The van der Waals surface area contributed by atoms with Gasteiger partial charge in [0.25, 0.3) is 0 Å². The molecule has 0 saturated heterocycles. The van der Waals surface area contributed by atoms with E-state index in [0.29, 0.717) is 18.7 Å². The molecule has 12 heteroatoms. The molecule has 0 radical (unpaired) electrons. The SMILES string of the molecule is C1=NC2(CC1)CCc1ccc(-c3ccsc3)cc1C2.C1=NC2(CC1)CCc1cccc(-c3ccsc3)c1C2.CC1=NCC2(CCc3cccc(-c4cncnc4)c3C2)N1.[2H]C1([2H])OC(C)=NC12CCc1c(cccc1-c1cnccn1)C2. The summed E-state index contributed by atoms with van der Waals surface area (Å²) in [6.07, 6.45) is 31.9. The summed E-state index contributed by atoms with van der Waals surface area (Å²) in [6, 6.07) is 30.9. The monoisotopic (exact) mass is 1090 g/mol. The van der Waals surface area contributed by atoms with E-state index in [1.165, 1.54) is 106 Å². The van der Waals surface area contributed by atoms with E-state index in [9.17, 15) is 0 Å². The van der Waals surface area contributed by atoms with Crippen LogP contribution in [-0.4, -0.2) is 79.4 Å². The van der Waals surface area contributed by atoms with Gasteiger partial charge in [-0.2, -0.15) is 22.7 Å². The number of hydrogen-bond donors (Lipinski definition) is 1. The van der Waals surface area contributed by atoms with Crippen LogP contribution in [0.25, 0.3) is 44.6 Å². The highest BCUT2D eigenvalue weighted by molar-refractivity contribution is 7.08. The molecular formula is C68H69N9OS2. The minimum absolute atomic E-state index is 0.114. The fourth-order valence-electron chi connectivity index (χ4n) is 13.7. The van der Waals surface area contributed by atoms with E-state index in [1.807, 2.05) is 18.5 Å². The Morgan fingerprint density at radius 1 is 0.550 bits per heavy atom. The summed E-state index contributed by atoms with van der Waals surface area (Å²) >= 11 is 3.55. The fraction of sp³-hybridized carbons (Fsp3) is 0.353. The Labute approximate surface area is 481 Å². The number of nitrogens with one attached hydrogen (secondary N) is 1. The van der Waals surface area contributed by atoms with E-state index in [1.54, 1.807) is 60.1 Å². The number of thiophene rings is 2. The van der Waals surface area contributed by atoms with Crippen molar-refractivity contribution in [3.8, 4) is 44.6 Å². The maximum Gasteiger partial charge on any atom is 0.180 e. The summed E-state index contributed by atoms with van der Waals surface area (Å²) in [5, 5.41) is 12.4. The van der Waals surface area contributed by atoms with Gasteiger partial charge in [-0.15, -0.1) is 0 Å². The molecule has 4 aromatic heterocycles. The molecule has 4 aliphatic carbocycles. The van der Waals surface area contributed by atoms with Crippen LogP contribution in [0, 0.1) is 0 Å². The van der Waals surface area contributed by atoms with Gasteiger partial charge in [-0.05, 0) is 222 Å². The molecule has 0 amide bonds. The van der Waals surface area contributed by atoms with Crippen molar-refractivity contribution in [1.29, 1.82) is 0 Å². The first-order valence-corrected chi connectivity index (χ1v) is 30.5. The van der Waals surface area contributed by atoms with Crippen LogP contribution >= 0.6 is 22.7 Å². The Morgan fingerprint density at radius 3 is 1.88 bits per heavy atom. The van der Waals surface area contributed by atoms with Gasteiger partial charge in [-0.1, -0.05) is 72.8 Å². The normalized spacial score (nSPS) is 25.2. The largest absolute Gasteiger partial charge is 0.479 e. The van der Waals surface area contributed by atoms with Gasteiger partial charge < -0.3 is 10.1 Å². The van der Waals surface area contributed by atoms with Crippen molar-refractivity contribution in [2.45, 2.75) is 139 Å². The topological polar surface area (TPSA) is 122 Å². The maximum absolute atomic E-state index is 8.23. The number of nitrogens with zero attached hydrogens (tertiary/aromatic N) is 8. The number of fused-ring (bicyclic) bond motifs is 4. The Bertz CT molecular complexity index is 3740. The average Bonchev–Trinajstić information content (AvgIpc) is 4.10. The molecule has 4 atom stereocenters. The van der Waals surface area contributed by atoms with Crippen molar-refractivity contribution in [1.82, 2.24) is 25.3 Å². The lowest BCUT2D eigenvalue weighted by Crippen LogP contribution is -2.49. The third-order valence-corrected chi connectivity index (χ3v) is 19.2. The number of amidine groups is 1. The molecule has 404 valence electrons. The summed E-state index contributed by atoms with van der Waals surface area (Å²) in [5.74, 6) is 1.50. The number of aliphatic imine (C=N–C) groups is 4. The molecule has 1 N–H and O–H groups in total. The second kappa shape index (κ2) is 22.3. The minimum atomic E-state index is -1.75. The third kappa shape index (κ3) is 10.9. The summed E-state index contributed by atoms with van der Waals surface area (Å²) in [7, 11) is 0. The Hall–Kier alpha value is -7.28. The van der Waals surface area contributed by atoms with Crippen molar-refractivity contribution in [2.24, 2.45) is 20.0 Å². The molecule has 0 bridgehead atoms. The van der Waals surface area contributed by atoms with Gasteiger partial charge in [0.1, 0.15) is 18.4 Å². The van der Waals surface area contributed by atoms with Gasteiger partial charge in [0, 0.05) is 49.3 Å². The van der Waals surface area contributed by atoms with Gasteiger partial charge in [0.15, 0.2) is 5.90 Å². The molecule has 8 aliphatic rings. The number of rotatable bonds is 4. The van der Waals surface area contributed by atoms with Crippen LogP contribution in [-0.2, 0) is 56.1 Å². The van der Waals surface area contributed by atoms with E-state index in [4.69, 9.17) is 17.5 Å².